The molecule has 154 valence electrons. The molecule has 5 nitrogen and oxygen atoms in total. The number of esters is 1. The first kappa shape index (κ1) is 21.0. The van der Waals surface area contributed by atoms with E-state index in [1.807, 2.05) is 60.7 Å². The molecule has 0 unspecified atom stereocenters. The van der Waals surface area contributed by atoms with Gasteiger partial charge in [0.05, 0.1) is 14.2 Å². The summed E-state index contributed by atoms with van der Waals surface area (Å²) in [5, 5.41) is 0. The summed E-state index contributed by atoms with van der Waals surface area (Å²) in [5.74, 6) is 1.11. The van der Waals surface area contributed by atoms with Crippen LogP contribution in [0.3, 0.4) is 0 Å². The molecular weight excluding hydrogens is 380 g/mol. The van der Waals surface area contributed by atoms with Crippen LogP contribution in [0.2, 0.25) is 0 Å². The second kappa shape index (κ2) is 10.7. The molecule has 3 aromatic carbocycles. The average Bonchev–Trinajstić information content (AvgIpc) is 2.81. The molecule has 0 amide bonds. The summed E-state index contributed by atoms with van der Waals surface area (Å²) >= 11 is 0. The molecule has 0 aromatic heterocycles. The zero-order valence-electron chi connectivity index (χ0n) is 17.0. The molecule has 0 aliphatic carbocycles. The predicted molar refractivity (Wildman–Crippen MR) is 116 cm³/mol. The van der Waals surface area contributed by atoms with E-state index in [0.717, 1.165) is 16.7 Å². The molecule has 0 saturated carbocycles. The maximum absolute atomic E-state index is 12.0. The standard InChI is InChI=1S/C25H24O5/c1-27-22-15-21(13-14-24(26)29-17-19-9-5-3-6-10-19)16-23(28-2)25(22)30-18-20-11-7-4-8-12-20/h3-16H,17-18H2,1-2H3. The third kappa shape index (κ3) is 5.88. The fraction of sp³-hybridized carbons (Fsp3) is 0.160. The Bertz CT molecular complexity index is 956. The number of carbonyl (C=O) groups is 1. The Morgan fingerprint density at radius 2 is 1.33 bits per heavy atom. The summed E-state index contributed by atoms with van der Waals surface area (Å²) in [5.41, 5.74) is 2.70. The number of carbonyl (C=O) groups excluding carboxylic acids is 1. The maximum Gasteiger partial charge on any atom is 0.331 e. The van der Waals surface area contributed by atoms with Crippen molar-refractivity contribution in [3.05, 3.63) is 95.6 Å². The number of benzene rings is 3. The van der Waals surface area contributed by atoms with Gasteiger partial charge in [-0.25, -0.2) is 4.79 Å². The first-order chi connectivity index (χ1) is 14.7. The van der Waals surface area contributed by atoms with Crippen molar-refractivity contribution < 1.29 is 23.7 Å². The van der Waals surface area contributed by atoms with Crippen LogP contribution in [0, 0.1) is 0 Å². The summed E-state index contributed by atoms with van der Waals surface area (Å²) in [6, 6.07) is 22.9. The van der Waals surface area contributed by atoms with Crippen molar-refractivity contribution in [1.29, 1.82) is 0 Å². The number of ether oxygens (including phenoxy) is 4. The molecule has 3 rings (SSSR count). The fourth-order valence-corrected chi connectivity index (χ4v) is 2.81. The topological polar surface area (TPSA) is 54.0 Å². The Morgan fingerprint density at radius 3 is 1.87 bits per heavy atom. The minimum Gasteiger partial charge on any atom is -0.493 e. The van der Waals surface area contributed by atoms with E-state index in [-0.39, 0.29) is 6.61 Å². The number of methoxy groups -OCH3 is 2. The third-order valence-electron chi connectivity index (χ3n) is 4.34. The van der Waals surface area contributed by atoms with E-state index in [0.29, 0.717) is 23.9 Å². The second-order valence-electron chi connectivity index (χ2n) is 6.46. The first-order valence-electron chi connectivity index (χ1n) is 9.51. The molecule has 0 heterocycles. The molecule has 0 spiro atoms. The van der Waals surface area contributed by atoms with Crippen molar-refractivity contribution in [1.82, 2.24) is 0 Å². The van der Waals surface area contributed by atoms with Crippen molar-refractivity contribution in [2.24, 2.45) is 0 Å². The largest absolute Gasteiger partial charge is 0.493 e. The Hall–Kier alpha value is -3.73. The zero-order chi connectivity index (χ0) is 21.2. The van der Waals surface area contributed by atoms with Gasteiger partial charge in [0, 0.05) is 6.08 Å². The summed E-state index contributed by atoms with van der Waals surface area (Å²) in [7, 11) is 3.12. The van der Waals surface area contributed by atoms with Crippen LogP contribution in [0.4, 0.5) is 0 Å². The Balaban J connectivity index is 1.69. The molecule has 0 aliphatic heterocycles. The molecule has 0 aliphatic rings. The minimum absolute atomic E-state index is 0.225. The molecular formula is C25H24O5. The van der Waals surface area contributed by atoms with Crippen molar-refractivity contribution in [2.45, 2.75) is 13.2 Å². The summed E-state index contributed by atoms with van der Waals surface area (Å²) in [6.45, 7) is 0.609. The van der Waals surface area contributed by atoms with Gasteiger partial charge in [-0.3, -0.25) is 0 Å². The molecule has 0 saturated heterocycles. The Labute approximate surface area is 176 Å². The van der Waals surface area contributed by atoms with Gasteiger partial charge >= 0.3 is 5.97 Å². The van der Waals surface area contributed by atoms with Gasteiger partial charge in [-0.15, -0.1) is 0 Å². The van der Waals surface area contributed by atoms with Gasteiger partial charge in [-0.2, -0.15) is 0 Å². The molecule has 0 radical (unpaired) electrons. The van der Waals surface area contributed by atoms with Crippen LogP contribution in [0.25, 0.3) is 6.08 Å². The van der Waals surface area contributed by atoms with Crippen molar-refractivity contribution in [3.8, 4) is 17.2 Å². The molecule has 0 atom stereocenters. The smallest absolute Gasteiger partial charge is 0.331 e. The zero-order valence-corrected chi connectivity index (χ0v) is 17.0. The Kier molecular flexibility index (Phi) is 7.50. The molecule has 5 heteroatoms. The second-order valence-corrected chi connectivity index (χ2v) is 6.46. The van der Waals surface area contributed by atoms with E-state index in [4.69, 9.17) is 18.9 Å². The highest BCUT2D eigenvalue weighted by atomic mass is 16.5. The summed E-state index contributed by atoms with van der Waals surface area (Å²) in [6.07, 6.45) is 3.03. The summed E-state index contributed by atoms with van der Waals surface area (Å²) in [4.78, 5) is 12.0. The van der Waals surface area contributed by atoms with Crippen LogP contribution < -0.4 is 14.2 Å². The van der Waals surface area contributed by atoms with Gasteiger partial charge in [0.1, 0.15) is 13.2 Å². The van der Waals surface area contributed by atoms with E-state index >= 15 is 0 Å². The summed E-state index contributed by atoms with van der Waals surface area (Å²) < 4.78 is 22.1. The predicted octanol–water partition coefficient (Wildman–Crippen LogP) is 5.04. The van der Waals surface area contributed by atoms with Gasteiger partial charge in [0.25, 0.3) is 0 Å². The monoisotopic (exact) mass is 404 g/mol. The van der Waals surface area contributed by atoms with E-state index in [1.54, 1.807) is 32.4 Å². The number of rotatable bonds is 9. The number of hydrogen-bond donors (Lipinski definition) is 0. The lowest BCUT2D eigenvalue weighted by Crippen LogP contribution is -2.01. The highest BCUT2D eigenvalue weighted by molar-refractivity contribution is 5.87. The molecule has 3 aromatic rings. The SMILES string of the molecule is COc1cc(C=CC(=O)OCc2ccccc2)cc(OC)c1OCc1ccccc1. The maximum atomic E-state index is 12.0. The Morgan fingerprint density at radius 1 is 0.800 bits per heavy atom. The van der Waals surface area contributed by atoms with Crippen LogP contribution in [0.5, 0.6) is 17.2 Å². The van der Waals surface area contributed by atoms with E-state index in [1.165, 1.54) is 6.08 Å². The molecule has 0 bridgehead atoms. The van der Waals surface area contributed by atoms with Crippen LogP contribution in [-0.2, 0) is 22.7 Å². The highest BCUT2D eigenvalue weighted by Gasteiger charge is 2.14. The number of hydrogen-bond acceptors (Lipinski definition) is 5. The van der Waals surface area contributed by atoms with Gasteiger partial charge in [-0.05, 0) is 34.9 Å². The first-order valence-corrected chi connectivity index (χ1v) is 9.51. The third-order valence-corrected chi connectivity index (χ3v) is 4.34. The normalized spacial score (nSPS) is 10.6. The average molecular weight is 404 g/mol. The van der Waals surface area contributed by atoms with E-state index < -0.39 is 5.97 Å². The van der Waals surface area contributed by atoms with Crippen LogP contribution in [0.1, 0.15) is 16.7 Å². The van der Waals surface area contributed by atoms with Crippen molar-refractivity contribution >= 4 is 12.0 Å². The lowest BCUT2D eigenvalue weighted by molar-refractivity contribution is -0.138. The van der Waals surface area contributed by atoms with Crippen LogP contribution >= 0.6 is 0 Å². The van der Waals surface area contributed by atoms with Gasteiger partial charge < -0.3 is 18.9 Å². The van der Waals surface area contributed by atoms with E-state index in [9.17, 15) is 4.79 Å². The van der Waals surface area contributed by atoms with Gasteiger partial charge in [-0.1, -0.05) is 60.7 Å². The molecule has 0 N–H and O–H groups in total. The highest BCUT2D eigenvalue weighted by Crippen LogP contribution is 2.39. The quantitative estimate of drug-likeness (QED) is 0.369. The van der Waals surface area contributed by atoms with Gasteiger partial charge in [0.15, 0.2) is 11.5 Å². The molecule has 0 fully saturated rings. The van der Waals surface area contributed by atoms with Crippen molar-refractivity contribution in [3.63, 3.8) is 0 Å². The lowest BCUT2D eigenvalue weighted by atomic mass is 10.1. The van der Waals surface area contributed by atoms with Crippen molar-refractivity contribution in [2.75, 3.05) is 14.2 Å². The van der Waals surface area contributed by atoms with E-state index in [2.05, 4.69) is 0 Å². The van der Waals surface area contributed by atoms with Crippen LogP contribution in [0.15, 0.2) is 78.9 Å². The fourth-order valence-electron chi connectivity index (χ4n) is 2.81. The van der Waals surface area contributed by atoms with Gasteiger partial charge in [0.2, 0.25) is 5.75 Å². The molecule has 30 heavy (non-hydrogen) atoms. The van der Waals surface area contributed by atoms with Crippen LogP contribution in [-0.4, -0.2) is 20.2 Å². The minimum atomic E-state index is -0.429. The lowest BCUT2D eigenvalue weighted by Gasteiger charge is -2.15.